The first-order valence-corrected chi connectivity index (χ1v) is 8.04. The molecule has 23 heavy (non-hydrogen) atoms. The first-order chi connectivity index (χ1) is 11.1. The average molecular weight is 317 g/mol. The number of hydrogen-bond donors (Lipinski definition) is 1. The predicted octanol–water partition coefficient (Wildman–Crippen LogP) is 4.06. The molecule has 0 aliphatic carbocycles. The van der Waals surface area contributed by atoms with Gasteiger partial charge in [0.05, 0.1) is 11.6 Å². The lowest BCUT2D eigenvalue weighted by Crippen LogP contribution is -2.07. The van der Waals surface area contributed by atoms with Crippen LogP contribution in [0.1, 0.15) is 63.4 Å². The van der Waals surface area contributed by atoms with Gasteiger partial charge in [0.25, 0.3) is 0 Å². The third-order valence-corrected chi connectivity index (χ3v) is 3.49. The number of ether oxygens (including phenoxy) is 1. The Morgan fingerprint density at radius 2 is 1.43 bits per heavy atom. The maximum Gasteiger partial charge on any atom is 0.311 e. The summed E-state index contributed by atoms with van der Waals surface area (Å²) in [7, 11) is 0. The molecule has 0 aliphatic rings. The van der Waals surface area contributed by atoms with Crippen LogP contribution in [-0.4, -0.2) is 17.0 Å². The van der Waals surface area contributed by atoms with Crippen LogP contribution in [0.25, 0.3) is 0 Å². The lowest BCUT2D eigenvalue weighted by atomic mass is 10.1. The van der Waals surface area contributed by atoms with Crippen molar-refractivity contribution in [3.8, 4) is 11.8 Å². The van der Waals surface area contributed by atoms with E-state index in [1.807, 2.05) is 6.07 Å². The van der Waals surface area contributed by atoms with Crippen molar-refractivity contribution in [2.75, 3.05) is 0 Å². The fourth-order valence-electron chi connectivity index (χ4n) is 2.21. The topological polar surface area (TPSA) is 87.4 Å². The van der Waals surface area contributed by atoms with E-state index in [1.54, 1.807) is 24.3 Å². The number of aliphatic carboxylic acids is 1. The Morgan fingerprint density at radius 1 is 0.913 bits per heavy atom. The third-order valence-electron chi connectivity index (χ3n) is 3.49. The standard InChI is InChI=1S/C18H23NO4/c19-14-15-10-12-16(13-11-15)23-18(22)9-7-5-3-1-2-4-6-8-17(20)21/h10-13H,1-9H2,(H,20,21). The van der Waals surface area contributed by atoms with Crippen molar-refractivity contribution in [3.05, 3.63) is 29.8 Å². The van der Waals surface area contributed by atoms with E-state index in [4.69, 9.17) is 15.1 Å². The number of carbonyl (C=O) groups excluding carboxylic acids is 1. The van der Waals surface area contributed by atoms with Gasteiger partial charge in [-0.15, -0.1) is 0 Å². The van der Waals surface area contributed by atoms with Crippen LogP contribution >= 0.6 is 0 Å². The van der Waals surface area contributed by atoms with Gasteiger partial charge in [-0.3, -0.25) is 9.59 Å². The second-order valence-electron chi connectivity index (χ2n) is 5.48. The van der Waals surface area contributed by atoms with Gasteiger partial charge in [0.1, 0.15) is 5.75 Å². The van der Waals surface area contributed by atoms with E-state index in [0.717, 1.165) is 44.9 Å². The summed E-state index contributed by atoms with van der Waals surface area (Å²) in [4.78, 5) is 22.0. The van der Waals surface area contributed by atoms with Gasteiger partial charge in [-0.25, -0.2) is 0 Å². The quantitative estimate of drug-likeness (QED) is 0.378. The molecule has 0 saturated carbocycles. The molecule has 0 radical (unpaired) electrons. The van der Waals surface area contributed by atoms with Crippen molar-refractivity contribution >= 4 is 11.9 Å². The minimum atomic E-state index is -0.731. The molecule has 1 rings (SSSR count). The smallest absolute Gasteiger partial charge is 0.311 e. The highest BCUT2D eigenvalue weighted by molar-refractivity contribution is 5.72. The summed E-state index contributed by atoms with van der Waals surface area (Å²) in [6, 6.07) is 8.48. The fraction of sp³-hybridized carbons (Fsp3) is 0.500. The van der Waals surface area contributed by atoms with Gasteiger partial charge in [-0.1, -0.05) is 32.1 Å². The lowest BCUT2D eigenvalue weighted by Gasteiger charge is -2.04. The maximum absolute atomic E-state index is 11.7. The van der Waals surface area contributed by atoms with Gasteiger partial charge in [0, 0.05) is 12.8 Å². The molecule has 1 aromatic rings. The van der Waals surface area contributed by atoms with Gasteiger partial charge in [-0.2, -0.15) is 5.26 Å². The minimum absolute atomic E-state index is 0.251. The van der Waals surface area contributed by atoms with Crippen molar-refractivity contribution in [1.29, 1.82) is 5.26 Å². The number of benzene rings is 1. The molecule has 0 unspecified atom stereocenters. The van der Waals surface area contributed by atoms with Crippen molar-refractivity contribution in [3.63, 3.8) is 0 Å². The number of hydrogen-bond acceptors (Lipinski definition) is 4. The van der Waals surface area contributed by atoms with Crippen LogP contribution in [-0.2, 0) is 9.59 Å². The third kappa shape index (κ3) is 9.30. The monoisotopic (exact) mass is 317 g/mol. The number of carboxylic acid groups (broad SMARTS) is 1. The number of esters is 1. The van der Waals surface area contributed by atoms with Gasteiger partial charge in [0.15, 0.2) is 0 Å². The highest BCUT2D eigenvalue weighted by Gasteiger charge is 2.05. The summed E-state index contributed by atoms with van der Waals surface area (Å²) in [5.74, 6) is -0.519. The second kappa shape index (κ2) is 11.2. The Kier molecular flexibility index (Phi) is 9.14. The van der Waals surface area contributed by atoms with E-state index in [2.05, 4.69) is 0 Å². The largest absolute Gasteiger partial charge is 0.481 e. The highest BCUT2D eigenvalue weighted by atomic mass is 16.5. The Morgan fingerprint density at radius 3 is 1.96 bits per heavy atom. The Labute approximate surface area is 136 Å². The molecule has 0 saturated heterocycles. The molecule has 0 aromatic heterocycles. The molecule has 0 fully saturated rings. The number of unbranched alkanes of at least 4 members (excludes halogenated alkanes) is 6. The number of nitriles is 1. The summed E-state index contributed by atoms with van der Waals surface area (Å²) < 4.78 is 5.19. The molecular formula is C18H23NO4. The van der Waals surface area contributed by atoms with Gasteiger partial charge in [-0.05, 0) is 37.1 Å². The summed E-state index contributed by atoms with van der Waals surface area (Å²) in [5.41, 5.74) is 0.535. The Bertz CT molecular complexity index is 531. The number of carboxylic acids is 1. The zero-order valence-electron chi connectivity index (χ0n) is 13.3. The fourth-order valence-corrected chi connectivity index (χ4v) is 2.21. The predicted molar refractivity (Wildman–Crippen MR) is 86.0 cm³/mol. The van der Waals surface area contributed by atoms with Crippen LogP contribution in [0.3, 0.4) is 0 Å². The molecule has 0 aliphatic heterocycles. The summed E-state index contributed by atoms with van der Waals surface area (Å²) in [6.45, 7) is 0. The number of rotatable bonds is 11. The van der Waals surface area contributed by atoms with E-state index in [-0.39, 0.29) is 12.4 Å². The minimum Gasteiger partial charge on any atom is -0.481 e. The average Bonchev–Trinajstić information content (AvgIpc) is 2.53. The van der Waals surface area contributed by atoms with Crippen molar-refractivity contribution < 1.29 is 19.4 Å². The normalized spacial score (nSPS) is 10.0. The first-order valence-electron chi connectivity index (χ1n) is 8.04. The summed E-state index contributed by atoms with van der Waals surface area (Å²) in [6.07, 6.45) is 7.27. The molecule has 0 bridgehead atoms. The SMILES string of the molecule is N#Cc1ccc(OC(=O)CCCCCCCCCC(=O)O)cc1. The Hall–Kier alpha value is -2.35. The van der Waals surface area contributed by atoms with Crippen LogP contribution < -0.4 is 4.74 Å². The van der Waals surface area contributed by atoms with Gasteiger partial charge < -0.3 is 9.84 Å². The molecule has 124 valence electrons. The van der Waals surface area contributed by atoms with Crippen LogP contribution in [0.15, 0.2) is 24.3 Å². The molecule has 1 aromatic carbocycles. The first kappa shape index (κ1) is 18.7. The van der Waals surface area contributed by atoms with Crippen molar-refractivity contribution in [1.82, 2.24) is 0 Å². The van der Waals surface area contributed by atoms with E-state index in [9.17, 15) is 9.59 Å². The zero-order valence-corrected chi connectivity index (χ0v) is 13.3. The zero-order chi connectivity index (χ0) is 16.9. The van der Waals surface area contributed by atoms with Crippen LogP contribution in [0.5, 0.6) is 5.75 Å². The molecular weight excluding hydrogens is 294 g/mol. The molecule has 0 amide bonds. The van der Waals surface area contributed by atoms with Crippen molar-refractivity contribution in [2.45, 2.75) is 57.8 Å². The number of nitrogens with zero attached hydrogens (tertiary/aromatic N) is 1. The van der Waals surface area contributed by atoms with E-state index >= 15 is 0 Å². The molecule has 0 spiro atoms. The summed E-state index contributed by atoms with van der Waals surface area (Å²) >= 11 is 0. The molecule has 1 N–H and O–H groups in total. The molecule has 0 atom stereocenters. The van der Waals surface area contributed by atoms with E-state index in [0.29, 0.717) is 17.7 Å². The van der Waals surface area contributed by atoms with Gasteiger partial charge in [0.2, 0.25) is 0 Å². The highest BCUT2D eigenvalue weighted by Crippen LogP contribution is 2.14. The molecule has 0 heterocycles. The second-order valence-corrected chi connectivity index (χ2v) is 5.48. The lowest BCUT2D eigenvalue weighted by molar-refractivity contribution is -0.137. The van der Waals surface area contributed by atoms with Crippen molar-refractivity contribution in [2.24, 2.45) is 0 Å². The number of carbonyl (C=O) groups is 2. The van der Waals surface area contributed by atoms with Crippen LogP contribution in [0.4, 0.5) is 0 Å². The van der Waals surface area contributed by atoms with Gasteiger partial charge >= 0.3 is 11.9 Å². The summed E-state index contributed by atoms with van der Waals surface area (Å²) in [5, 5.41) is 17.2. The Balaban J connectivity index is 2.01. The van der Waals surface area contributed by atoms with E-state index in [1.165, 1.54) is 0 Å². The molecule has 5 heteroatoms. The van der Waals surface area contributed by atoms with Crippen LogP contribution in [0, 0.1) is 11.3 Å². The molecule has 5 nitrogen and oxygen atoms in total. The maximum atomic E-state index is 11.7. The van der Waals surface area contributed by atoms with E-state index < -0.39 is 5.97 Å². The van der Waals surface area contributed by atoms with Crippen LogP contribution in [0.2, 0.25) is 0 Å².